The Balaban J connectivity index is 1.76. The number of nitrogens with one attached hydrogen (secondary N) is 2. The Kier molecular flexibility index (Phi) is 15.7. The van der Waals surface area contributed by atoms with Crippen molar-refractivity contribution >= 4 is 17.6 Å². The Bertz CT molecular complexity index is 1230. The molecule has 0 amide bonds. The van der Waals surface area contributed by atoms with Gasteiger partial charge in [0, 0.05) is 55.6 Å². The minimum atomic E-state index is -0.429. The summed E-state index contributed by atoms with van der Waals surface area (Å²) in [5.41, 5.74) is 1.32. The standard InChI is InChI=1S/C36H52F2N2O4/c1-23(2)35(41)13-11-29-15-31(37)20-34(17-29)44-28(8)22-40-26(6)10-9-25(5)36(42)14-12-30-16-32(38)19-33(18-30)43-27(7)21-39-24(3)4/h11,13,15-20,23-28,39-40H,9-10,12,14,21-22H2,1-8H3/b13-11+/t25?,26?,27-,28+/m0/s1. The van der Waals surface area contributed by atoms with Crippen LogP contribution in [0.5, 0.6) is 11.5 Å². The Hall–Kier alpha value is -3.10. The Labute approximate surface area is 263 Å². The van der Waals surface area contributed by atoms with Gasteiger partial charge >= 0.3 is 0 Å². The second kappa shape index (κ2) is 18.6. The van der Waals surface area contributed by atoms with Crippen LogP contribution in [0.15, 0.2) is 42.5 Å². The number of aryl methyl sites for hydroxylation is 1. The predicted octanol–water partition coefficient (Wildman–Crippen LogP) is 7.33. The number of halogens is 2. The van der Waals surface area contributed by atoms with E-state index >= 15 is 0 Å². The molecule has 0 saturated carbocycles. The summed E-state index contributed by atoms with van der Waals surface area (Å²) in [5, 5.41) is 6.74. The van der Waals surface area contributed by atoms with E-state index in [1.54, 1.807) is 12.1 Å². The maximum Gasteiger partial charge on any atom is 0.158 e. The maximum atomic E-state index is 14.2. The monoisotopic (exact) mass is 614 g/mol. The minimum Gasteiger partial charge on any atom is -0.489 e. The number of carbonyl (C=O) groups excluding carboxylic acids is 2. The van der Waals surface area contributed by atoms with Crippen molar-refractivity contribution < 1.29 is 27.8 Å². The van der Waals surface area contributed by atoms with Crippen LogP contribution >= 0.6 is 0 Å². The normalized spacial score (nSPS) is 14.5. The quantitative estimate of drug-likeness (QED) is 0.152. The van der Waals surface area contributed by atoms with E-state index in [1.807, 2.05) is 40.7 Å². The number of ketones is 2. The van der Waals surface area contributed by atoms with Gasteiger partial charge < -0.3 is 20.1 Å². The van der Waals surface area contributed by atoms with Crippen LogP contribution in [0.2, 0.25) is 0 Å². The first kappa shape index (κ1) is 37.1. The minimum absolute atomic E-state index is 0.0225. The van der Waals surface area contributed by atoms with E-state index in [-0.39, 0.29) is 47.5 Å². The van der Waals surface area contributed by atoms with Gasteiger partial charge in [0.2, 0.25) is 0 Å². The number of benzene rings is 2. The van der Waals surface area contributed by atoms with Crippen LogP contribution in [0.4, 0.5) is 8.78 Å². The maximum absolute atomic E-state index is 14.2. The summed E-state index contributed by atoms with van der Waals surface area (Å²) in [5.74, 6) is -0.0190. The van der Waals surface area contributed by atoms with Crippen molar-refractivity contribution in [2.45, 2.75) is 105 Å². The van der Waals surface area contributed by atoms with E-state index in [9.17, 15) is 18.4 Å². The highest BCUT2D eigenvalue weighted by Crippen LogP contribution is 2.21. The van der Waals surface area contributed by atoms with Gasteiger partial charge in [-0.25, -0.2) is 8.78 Å². The topological polar surface area (TPSA) is 76.7 Å². The molecule has 2 aromatic rings. The van der Waals surface area contributed by atoms with Crippen LogP contribution in [0.3, 0.4) is 0 Å². The third-order valence-electron chi connectivity index (χ3n) is 7.32. The lowest BCUT2D eigenvalue weighted by Crippen LogP contribution is -2.35. The number of ether oxygens (including phenoxy) is 2. The second-order valence-electron chi connectivity index (χ2n) is 12.6. The third-order valence-corrected chi connectivity index (χ3v) is 7.32. The SMILES string of the molecule is CC(C)NC[C@H](C)Oc1cc(F)cc(CCC(=O)C(C)CCC(C)NC[C@@H](C)Oc2cc(F)cc(/C=C/C(=O)C(C)C)c2)c1. The van der Waals surface area contributed by atoms with Crippen molar-refractivity contribution in [1.29, 1.82) is 0 Å². The van der Waals surface area contributed by atoms with E-state index in [0.717, 1.165) is 18.4 Å². The molecule has 4 atom stereocenters. The number of hydrogen-bond acceptors (Lipinski definition) is 6. The average molecular weight is 615 g/mol. The summed E-state index contributed by atoms with van der Waals surface area (Å²) in [6.45, 7) is 16.8. The van der Waals surface area contributed by atoms with Crippen LogP contribution in [0.25, 0.3) is 6.08 Å². The van der Waals surface area contributed by atoms with Crippen molar-refractivity contribution in [3.63, 3.8) is 0 Å². The van der Waals surface area contributed by atoms with Gasteiger partial charge in [0.05, 0.1) is 0 Å². The van der Waals surface area contributed by atoms with E-state index in [0.29, 0.717) is 49.0 Å². The van der Waals surface area contributed by atoms with Gasteiger partial charge in [0.1, 0.15) is 41.1 Å². The molecule has 0 radical (unpaired) electrons. The lowest BCUT2D eigenvalue weighted by Gasteiger charge is -2.20. The molecular weight excluding hydrogens is 562 g/mol. The molecule has 2 aromatic carbocycles. The van der Waals surface area contributed by atoms with Gasteiger partial charge in [-0.15, -0.1) is 0 Å². The van der Waals surface area contributed by atoms with Crippen LogP contribution in [0, 0.1) is 23.5 Å². The molecule has 0 heterocycles. The molecule has 0 aromatic heterocycles. The molecule has 0 aliphatic rings. The van der Waals surface area contributed by atoms with Gasteiger partial charge in [-0.3, -0.25) is 9.59 Å². The zero-order valence-electron chi connectivity index (χ0n) is 27.7. The molecule has 2 rings (SSSR count). The van der Waals surface area contributed by atoms with Crippen molar-refractivity contribution in [2.24, 2.45) is 11.8 Å². The molecule has 0 bridgehead atoms. The first-order chi connectivity index (χ1) is 20.7. The van der Waals surface area contributed by atoms with E-state index < -0.39 is 5.82 Å². The Morgan fingerprint density at radius 3 is 1.98 bits per heavy atom. The summed E-state index contributed by atoms with van der Waals surface area (Å²) >= 11 is 0. The number of allylic oxidation sites excluding steroid dienone is 1. The summed E-state index contributed by atoms with van der Waals surface area (Å²) in [6.07, 6.45) is 5.08. The number of rotatable bonds is 20. The van der Waals surface area contributed by atoms with Gasteiger partial charge in [-0.2, -0.15) is 0 Å². The largest absolute Gasteiger partial charge is 0.489 e. The van der Waals surface area contributed by atoms with Crippen molar-refractivity contribution in [2.75, 3.05) is 13.1 Å². The van der Waals surface area contributed by atoms with Crippen molar-refractivity contribution in [3.05, 3.63) is 65.2 Å². The lowest BCUT2D eigenvalue weighted by molar-refractivity contribution is -0.122. The molecule has 244 valence electrons. The molecule has 0 spiro atoms. The molecule has 0 saturated heterocycles. The predicted molar refractivity (Wildman–Crippen MR) is 174 cm³/mol. The number of hydrogen-bond donors (Lipinski definition) is 2. The fourth-order valence-electron chi connectivity index (χ4n) is 4.55. The molecule has 8 heteroatoms. The Morgan fingerprint density at radius 1 is 0.773 bits per heavy atom. The number of carbonyl (C=O) groups is 2. The highest BCUT2D eigenvalue weighted by atomic mass is 19.1. The van der Waals surface area contributed by atoms with Crippen LogP contribution in [-0.4, -0.2) is 48.9 Å². The molecule has 0 aliphatic carbocycles. The third kappa shape index (κ3) is 14.6. The number of Topliss-reactive ketones (excluding diaryl/α,β-unsaturated/α-hetero) is 1. The van der Waals surface area contributed by atoms with Crippen molar-refractivity contribution in [3.8, 4) is 11.5 Å². The summed E-state index contributed by atoms with van der Waals surface area (Å²) in [6, 6.07) is 9.56. The Morgan fingerprint density at radius 2 is 1.36 bits per heavy atom. The lowest BCUT2D eigenvalue weighted by atomic mass is 9.94. The smallest absolute Gasteiger partial charge is 0.158 e. The summed E-state index contributed by atoms with van der Waals surface area (Å²) in [7, 11) is 0. The molecular formula is C36H52F2N2O4. The van der Waals surface area contributed by atoms with Gasteiger partial charge in [-0.1, -0.05) is 40.7 Å². The van der Waals surface area contributed by atoms with Crippen LogP contribution < -0.4 is 20.1 Å². The zero-order chi connectivity index (χ0) is 32.8. The van der Waals surface area contributed by atoms with E-state index in [1.165, 1.54) is 30.3 Å². The highest BCUT2D eigenvalue weighted by molar-refractivity contribution is 5.94. The van der Waals surface area contributed by atoms with Gasteiger partial charge in [-0.05, 0) is 81.5 Å². The van der Waals surface area contributed by atoms with Gasteiger partial charge in [0.25, 0.3) is 0 Å². The molecule has 44 heavy (non-hydrogen) atoms. The first-order valence-corrected chi connectivity index (χ1v) is 15.9. The molecule has 0 aliphatic heterocycles. The fraction of sp³-hybridized carbons (Fsp3) is 0.556. The first-order valence-electron chi connectivity index (χ1n) is 15.9. The van der Waals surface area contributed by atoms with Crippen LogP contribution in [0.1, 0.15) is 85.8 Å². The van der Waals surface area contributed by atoms with E-state index in [4.69, 9.17) is 9.47 Å². The van der Waals surface area contributed by atoms with Crippen LogP contribution in [-0.2, 0) is 16.0 Å². The highest BCUT2D eigenvalue weighted by Gasteiger charge is 2.16. The molecule has 6 nitrogen and oxygen atoms in total. The molecule has 0 fully saturated rings. The zero-order valence-corrected chi connectivity index (χ0v) is 27.7. The van der Waals surface area contributed by atoms with Crippen molar-refractivity contribution in [1.82, 2.24) is 10.6 Å². The average Bonchev–Trinajstić information content (AvgIpc) is 2.94. The van der Waals surface area contributed by atoms with E-state index in [2.05, 4.69) is 31.4 Å². The summed E-state index contributed by atoms with van der Waals surface area (Å²) in [4.78, 5) is 24.7. The fourth-order valence-corrected chi connectivity index (χ4v) is 4.55. The molecule has 2 N–H and O–H groups in total. The van der Waals surface area contributed by atoms with Gasteiger partial charge in [0.15, 0.2) is 5.78 Å². The molecule has 2 unspecified atom stereocenters. The second-order valence-corrected chi connectivity index (χ2v) is 12.6. The summed E-state index contributed by atoms with van der Waals surface area (Å²) < 4.78 is 40.2.